The summed E-state index contributed by atoms with van der Waals surface area (Å²) in [5.41, 5.74) is 6.01. The number of hydrogen-bond donors (Lipinski definition) is 1. The zero-order valence-electron chi connectivity index (χ0n) is 19.8. The maximum Gasteiger partial charge on any atom is 0.224 e. The maximum atomic E-state index is 12.8. The first-order valence-electron chi connectivity index (χ1n) is 12.1. The average Bonchev–Trinajstić information content (AvgIpc) is 3.19. The molecule has 0 spiro atoms. The van der Waals surface area contributed by atoms with Crippen LogP contribution in [0.5, 0.6) is 0 Å². The monoisotopic (exact) mass is 452 g/mol. The van der Waals surface area contributed by atoms with Crippen LogP contribution in [0, 0.1) is 0 Å². The molecule has 0 bridgehead atoms. The Kier molecular flexibility index (Phi) is 6.63. The molecule has 0 radical (unpaired) electrons. The van der Waals surface area contributed by atoms with Crippen molar-refractivity contribution in [2.45, 2.75) is 19.5 Å². The number of amides is 1. The molecule has 4 aromatic rings. The molecule has 1 aromatic heterocycles. The van der Waals surface area contributed by atoms with Crippen LogP contribution in [0.3, 0.4) is 0 Å². The highest BCUT2D eigenvalue weighted by molar-refractivity contribution is 5.89. The first kappa shape index (κ1) is 22.2. The summed E-state index contributed by atoms with van der Waals surface area (Å²) in [5.74, 6) is 0.0580. The number of carbonyl (C=O) groups excluding carboxylic acids is 1. The lowest BCUT2D eigenvalue weighted by Gasteiger charge is -2.36. The highest BCUT2D eigenvalue weighted by Crippen LogP contribution is 2.21. The van der Waals surface area contributed by atoms with E-state index in [0.717, 1.165) is 49.2 Å². The van der Waals surface area contributed by atoms with Crippen LogP contribution >= 0.6 is 0 Å². The largest absolute Gasteiger partial charge is 0.369 e. The van der Waals surface area contributed by atoms with E-state index < -0.39 is 0 Å². The molecular formula is C29H32N4O. The summed E-state index contributed by atoms with van der Waals surface area (Å²) in [6.07, 6.45) is 2.46. The molecule has 3 aromatic carbocycles. The first-order valence-corrected chi connectivity index (χ1v) is 12.1. The number of aromatic nitrogens is 1. The van der Waals surface area contributed by atoms with E-state index in [1.165, 1.54) is 16.8 Å². The van der Waals surface area contributed by atoms with Crippen molar-refractivity contribution in [1.82, 2.24) is 14.8 Å². The number of rotatable bonds is 7. The number of para-hydroxylation sites is 2. The zero-order valence-corrected chi connectivity index (χ0v) is 19.8. The molecule has 1 fully saturated rings. The van der Waals surface area contributed by atoms with E-state index >= 15 is 0 Å². The molecule has 1 amide bonds. The Bertz CT molecular complexity index is 1260. The molecule has 174 valence electrons. The third-order valence-electron chi connectivity index (χ3n) is 6.81. The van der Waals surface area contributed by atoms with Gasteiger partial charge in [-0.15, -0.1) is 0 Å². The Morgan fingerprint density at radius 1 is 0.794 bits per heavy atom. The van der Waals surface area contributed by atoms with Gasteiger partial charge in [-0.3, -0.25) is 9.69 Å². The summed E-state index contributed by atoms with van der Waals surface area (Å²) in [5, 5.41) is 4.30. The molecule has 2 heterocycles. The molecule has 1 saturated heterocycles. The zero-order chi connectivity index (χ0) is 23.3. The third-order valence-corrected chi connectivity index (χ3v) is 6.81. The van der Waals surface area contributed by atoms with Crippen molar-refractivity contribution in [3.8, 4) is 0 Å². The van der Waals surface area contributed by atoms with Crippen molar-refractivity contribution in [3.05, 3.63) is 102 Å². The van der Waals surface area contributed by atoms with Gasteiger partial charge in [0, 0.05) is 69.1 Å². The van der Waals surface area contributed by atoms with Crippen molar-refractivity contribution in [2.24, 2.45) is 7.05 Å². The highest BCUT2D eigenvalue weighted by Gasteiger charge is 2.18. The Morgan fingerprint density at radius 2 is 1.47 bits per heavy atom. The van der Waals surface area contributed by atoms with Crippen molar-refractivity contribution in [3.63, 3.8) is 0 Å². The van der Waals surface area contributed by atoms with Gasteiger partial charge in [0.25, 0.3) is 0 Å². The number of aryl methyl sites for hydroxylation is 1. The van der Waals surface area contributed by atoms with Gasteiger partial charge in [0.05, 0.1) is 6.42 Å². The smallest absolute Gasteiger partial charge is 0.224 e. The number of nitrogens with zero attached hydrogens (tertiary/aromatic N) is 3. The number of piperazine rings is 1. The summed E-state index contributed by atoms with van der Waals surface area (Å²) < 4.78 is 2.09. The number of fused-ring (bicyclic) bond motifs is 1. The third kappa shape index (κ3) is 5.00. The van der Waals surface area contributed by atoms with Crippen molar-refractivity contribution < 1.29 is 4.79 Å². The maximum absolute atomic E-state index is 12.8. The molecular weight excluding hydrogens is 420 g/mol. The second kappa shape index (κ2) is 10.1. The molecule has 5 heteroatoms. The summed E-state index contributed by atoms with van der Waals surface area (Å²) in [4.78, 5) is 17.7. The van der Waals surface area contributed by atoms with E-state index in [9.17, 15) is 4.79 Å². The van der Waals surface area contributed by atoms with Crippen molar-refractivity contribution in [2.75, 3.05) is 31.1 Å². The molecule has 5 rings (SSSR count). The predicted octanol–water partition coefficient (Wildman–Crippen LogP) is 4.36. The van der Waals surface area contributed by atoms with Crippen LogP contribution in [0.25, 0.3) is 10.9 Å². The Hall–Kier alpha value is -3.57. The van der Waals surface area contributed by atoms with Crippen molar-refractivity contribution in [1.29, 1.82) is 0 Å². The molecule has 34 heavy (non-hydrogen) atoms. The minimum atomic E-state index is 0.0580. The van der Waals surface area contributed by atoms with Gasteiger partial charge in [-0.2, -0.15) is 0 Å². The fraction of sp³-hybridized carbons (Fsp3) is 0.276. The van der Waals surface area contributed by atoms with E-state index in [2.05, 4.69) is 92.6 Å². The number of anilines is 1. The molecule has 5 nitrogen and oxygen atoms in total. The van der Waals surface area contributed by atoms with E-state index in [1.54, 1.807) is 0 Å². The van der Waals surface area contributed by atoms with Gasteiger partial charge < -0.3 is 14.8 Å². The molecule has 0 aliphatic carbocycles. The van der Waals surface area contributed by atoms with Crippen LogP contribution in [0.15, 0.2) is 85.1 Å². The summed E-state index contributed by atoms with van der Waals surface area (Å²) in [6.45, 7) is 5.62. The summed E-state index contributed by atoms with van der Waals surface area (Å²) in [7, 11) is 2.03. The highest BCUT2D eigenvalue weighted by atomic mass is 16.1. The fourth-order valence-electron chi connectivity index (χ4n) is 4.92. The number of benzene rings is 3. The second-order valence-corrected chi connectivity index (χ2v) is 9.10. The van der Waals surface area contributed by atoms with Gasteiger partial charge in [-0.25, -0.2) is 0 Å². The molecule has 0 atom stereocenters. The van der Waals surface area contributed by atoms with Crippen LogP contribution < -0.4 is 10.2 Å². The van der Waals surface area contributed by atoms with E-state index in [0.29, 0.717) is 13.0 Å². The fourth-order valence-corrected chi connectivity index (χ4v) is 4.92. The van der Waals surface area contributed by atoms with Crippen LogP contribution in [0.4, 0.5) is 5.69 Å². The van der Waals surface area contributed by atoms with Gasteiger partial charge >= 0.3 is 0 Å². The quantitative estimate of drug-likeness (QED) is 0.453. The number of hydrogen-bond acceptors (Lipinski definition) is 3. The van der Waals surface area contributed by atoms with Gasteiger partial charge in [0.15, 0.2) is 0 Å². The normalized spacial score (nSPS) is 14.4. The van der Waals surface area contributed by atoms with Crippen LogP contribution in [-0.2, 0) is 31.4 Å². The SMILES string of the molecule is Cn1cc(CC(=O)NCc2ccccc2CN2CCN(c3ccccc3)CC2)c2ccccc21. The van der Waals surface area contributed by atoms with E-state index in [1.807, 2.05) is 19.2 Å². The lowest BCUT2D eigenvalue weighted by atomic mass is 10.1. The Morgan fingerprint density at radius 3 is 2.26 bits per heavy atom. The average molecular weight is 453 g/mol. The minimum Gasteiger partial charge on any atom is -0.369 e. The predicted molar refractivity (Wildman–Crippen MR) is 139 cm³/mol. The standard InChI is InChI=1S/C29H32N4O/c1-31-21-25(27-13-7-8-14-28(27)31)19-29(34)30-20-23-9-5-6-10-24(23)22-32-15-17-33(18-16-32)26-11-3-2-4-12-26/h2-14,21H,15-20,22H2,1H3,(H,30,34). The molecule has 1 aliphatic heterocycles. The minimum absolute atomic E-state index is 0.0580. The topological polar surface area (TPSA) is 40.5 Å². The van der Waals surface area contributed by atoms with Crippen LogP contribution in [0.2, 0.25) is 0 Å². The van der Waals surface area contributed by atoms with E-state index in [4.69, 9.17) is 0 Å². The van der Waals surface area contributed by atoms with Gasteiger partial charge in [0.1, 0.15) is 0 Å². The molecule has 1 aliphatic rings. The lowest BCUT2D eigenvalue weighted by molar-refractivity contribution is -0.120. The molecule has 0 unspecified atom stereocenters. The molecule has 0 saturated carbocycles. The van der Waals surface area contributed by atoms with Crippen LogP contribution in [-0.4, -0.2) is 41.6 Å². The molecule has 1 N–H and O–H groups in total. The van der Waals surface area contributed by atoms with Gasteiger partial charge in [0.2, 0.25) is 5.91 Å². The summed E-state index contributed by atoms with van der Waals surface area (Å²) in [6, 6.07) is 27.4. The Labute approximate surface area is 201 Å². The Balaban J connectivity index is 1.17. The van der Waals surface area contributed by atoms with Gasteiger partial charge in [-0.05, 0) is 34.9 Å². The first-order chi connectivity index (χ1) is 16.7. The number of nitrogens with one attached hydrogen (secondary N) is 1. The summed E-state index contributed by atoms with van der Waals surface area (Å²) >= 11 is 0. The van der Waals surface area contributed by atoms with E-state index in [-0.39, 0.29) is 5.91 Å². The lowest BCUT2D eigenvalue weighted by Crippen LogP contribution is -2.46. The number of carbonyl (C=O) groups is 1. The van der Waals surface area contributed by atoms with Crippen LogP contribution in [0.1, 0.15) is 16.7 Å². The van der Waals surface area contributed by atoms with Crippen molar-refractivity contribution >= 4 is 22.5 Å². The van der Waals surface area contributed by atoms with Gasteiger partial charge in [-0.1, -0.05) is 60.7 Å². The second-order valence-electron chi connectivity index (χ2n) is 9.10.